The third-order valence-corrected chi connectivity index (χ3v) is 1.69. The highest BCUT2D eigenvalue weighted by molar-refractivity contribution is 6.18. The molecule has 0 bridgehead atoms. The molecule has 0 aromatic heterocycles. The fourth-order valence-electron chi connectivity index (χ4n) is 0.570. The number of halogens is 1. The fourth-order valence-corrected chi connectivity index (χ4v) is 0.665. The second-order valence-electron chi connectivity index (χ2n) is 2.61. The van der Waals surface area contributed by atoms with E-state index in [4.69, 9.17) is 11.6 Å². The van der Waals surface area contributed by atoms with E-state index in [1.54, 1.807) is 6.92 Å². The van der Waals surface area contributed by atoms with Crippen LogP contribution in [0.5, 0.6) is 0 Å². The average Bonchev–Trinajstić information content (AvgIpc) is 1.87. The van der Waals surface area contributed by atoms with Crippen LogP contribution in [-0.4, -0.2) is 29.2 Å². The molecule has 3 nitrogen and oxygen atoms in total. The van der Waals surface area contributed by atoms with Crippen LogP contribution in [0.4, 0.5) is 0 Å². The van der Waals surface area contributed by atoms with E-state index in [1.807, 2.05) is 0 Å². The molecule has 0 aromatic carbocycles. The Labute approximate surface area is 71.3 Å². The summed E-state index contributed by atoms with van der Waals surface area (Å²) in [5.74, 6) is -0.385. The Kier molecular flexibility index (Phi) is 4.45. The lowest BCUT2D eigenvalue weighted by molar-refractivity contribution is -0.147. The van der Waals surface area contributed by atoms with Crippen LogP contribution in [0.15, 0.2) is 0 Å². The summed E-state index contributed by atoms with van der Waals surface area (Å²) in [6.45, 7) is 3.54. The predicted octanol–water partition coefficient (Wildman–Crippen LogP) is 0.929. The lowest BCUT2D eigenvalue weighted by Gasteiger charge is -2.17. The fraction of sp³-hybridized carbons (Fsp3) is 0.857. The minimum absolute atomic E-state index is 0.0335. The SMILES string of the molecule is CCOC(=O)C[C@](C)(O)CCl. The van der Waals surface area contributed by atoms with Crippen LogP contribution in [0.2, 0.25) is 0 Å². The van der Waals surface area contributed by atoms with Crippen LogP contribution < -0.4 is 0 Å². The highest BCUT2D eigenvalue weighted by Crippen LogP contribution is 2.11. The van der Waals surface area contributed by atoms with Crippen molar-refractivity contribution in [2.45, 2.75) is 25.9 Å². The standard InChI is InChI=1S/C7H13ClO3/c1-3-11-6(9)4-7(2,10)5-8/h10H,3-5H2,1-2H3/t7-/m0/s1. The summed E-state index contributed by atoms with van der Waals surface area (Å²) >= 11 is 5.38. The van der Waals surface area contributed by atoms with Crippen molar-refractivity contribution in [2.24, 2.45) is 0 Å². The molecule has 0 aromatic rings. The van der Waals surface area contributed by atoms with E-state index in [1.165, 1.54) is 6.92 Å². The number of ether oxygens (including phenoxy) is 1. The van der Waals surface area contributed by atoms with E-state index < -0.39 is 11.6 Å². The van der Waals surface area contributed by atoms with Gasteiger partial charge >= 0.3 is 5.97 Å². The zero-order chi connectivity index (χ0) is 8.91. The summed E-state index contributed by atoms with van der Waals surface area (Å²) in [6, 6.07) is 0. The third-order valence-electron chi connectivity index (χ3n) is 1.12. The van der Waals surface area contributed by atoms with Gasteiger partial charge in [-0.05, 0) is 13.8 Å². The first-order valence-electron chi connectivity index (χ1n) is 3.46. The molecule has 11 heavy (non-hydrogen) atoms. The maximum atomic E-state index is 10.8. The summed E-state index contributed by atoms with van der Waals surface area (Å²) < 4.78 is 4.62. The minimum Gasteiger partial charge on any atom is -0.466 e. The van der Waals surface area contributed by atoms with E-state index in [9.17, 15) is 9.90 Å². The number of alkyl halides is 1. The van der Waals surface area contributed by atoms with Crippen molar-refractivity contribution in [3.8, 4) is 0 Å². The van der Waals surface area contributed by atoms with Crippen molar-refractivity contribution in [3.63, 3.8) is 0 Å². The molecule has 0 spiro atoms. The number of esters is 1. The molecule has 0 saturated heterocycles. The third kappa shape index (κ3) is 5.04. The molecule has 0 aliphatic heterocycles. The number of hydrogen-bond acceptors (Lipinski definition) is 3. The number of hydrogen-bond donors (Lipinski definition) is 1. The molecule has 0 unspecified atom stereocenters. The smallest absolute Gasteiger partial charge is 0.308 e. The molecule has 66 valence electrons. The second kappa shape index (κ2) is 4.57. The molecule has 4 heteroatoms. The summed E-state index contributed by atoms with van der Waals surface area (Å²) in [5, 5.41) is 9.29. The van der Waals surface area contributed by atoms with Crippen LogP contribution in [-0.2, 0) is 9.53 Å². The van der Waals surface area contributed by atoms with Crippen molar-refractivity contribution in [1.29, 1.82) is 0 Å². The zero-order valence-corrected chi connectivity index (χ0v) is 7.52. The van der Waals surface area contributed by atoms with E-state index in [-0.39, 0.29) is 12.3 Å². The van der Waals surface area contributed by atoms with Gasteiger partial charge in [-0.25, -0.2) is 0 Å². The van der Waals surface area contributed by atoms with Crippen LogP contribution in [0.3, 0.4) is 0 Å². The molecule has 0 rings (SSSR count). The van der Waals surface area contributed by atoms with E-state index in [2.05, 4.69) is 4.74 Å². The van der Waals surface area contributed by atoms with Gasteiger partial charge < -0.3 is 9.84 Å². The predicted molar refractivity (Wildman–Crippen MR) is 42.6 cm³/mol. The van der Waals surface area contributed by atoms with Gasteiger partial charge in [-0.3, -0.25) is 4.79 Å². The molecular weight excluding hydrogens is 168 g/mol. The first-order chi connectivity index (χ1) is 5.02. The lowest BCUT2D eigenvalue weighted by atomic mass is 10.1. The molecule has 1 N–H and O–H groups in total. The first-order valence-corrected chi connectivity index (χ1v) is 3.99. The highest BCUT2D eigenvalue weighted by atomic mass is 35.5. The summed E-state index contributed by atoms with van der Waals surface area (Å²) in [6.07, 6.45) is -0.0513. The van der Waals surface area contributed by atoms with Crippen LogP contribution in [0.25, 0.3) is 0 Å². The van der Waals surface area contributed by atoms with Crippen molar-refractivity contribution in [3.05, 3.63) is 0 Å². The Hall–Kier alpha value is -0.280. The minimum atomic E-state index is -1.15. The van der Waals surface area contributed by atoms with Gasteiger partial charge in [-0.15, -0.1) is 11.6 Å². The van der Waals surface area contributed by atoms with Gasteiger partial charge in [0.05, 0.1) is 24.5 Å². The number of carbonyl (C=O) groups excluding carboxylic acids is 1. The highest BCUT2D eigenvalue weighted by Gasteiger charge is 2.23. The Bertz CT molecular complexity index is 134. The van der Waals surface area contributed by atoms with Crippen LogP contribution >= 0.6 is 11.6 Å². The van der Waals surface area contributed by atoms with Crippen LogP contribution in [0, 0.1) is 0 Å². The molecule has 0 aliphatic carbocycles. The molecule has 0 aliphatic rings. The maximum absolute atomic E-state index is 10.8. The molecular formula is C7H13ClO3. The molecule has 1 atom stereocenters. The average molecular weight is 181 g/mol. The number of carbonyl (C=O) groups is 1. The van der Waals surface area contributed by atoms with Gasteiger partial charge in [-0.2, -0.15) is 0 Å². The van der Waals surface area contributed by atoms with Gasteiger partial charge in [0, 0.05) is 0 Å². The number of aliphatic hydroxyl groups is 1. The summed E-state index contributed by atoms with van der Waals surface area (Å²) in [5.41, 5.74) is -1.15. The van der Waals surface area contributed by atoms with E-state index in [0.29, 0.717) is 6.61 Å². The topological polar surface area (TPSA) is 46.5 Å². The van der Waals surface area contributed by atoms with Crippen molar-refractivity contribution in [1.82, 2.24) is 0 Å². The van der Waals surface area contributed by atoms with Crippen molar-refractivity contribution >= 4 is 17.6 Å². The van der Waals surface area contributed by atoms with Gasteiger partial charge in [0.25, 0.3) is 0 Å². The maximum Gasteiger partial charge on any atom is 0.308 e. The molecule has 0 amide bonds. The van der Waals surface area contributed by atoms with Crippen LogP contribution in [0.1, 0.15) is 20.3 Å². The van der Waals surface area contributed by atoms with Gasteiger partial charge in [-0.1, -0.05) is 0 Å². The second-order valence-corrected chi connectivity index (χ2v) is 2.88. The van der Waals surface area contributed by atoms with Gasteiger partial charge in [0.2, 0.25) is 0 Å². The Morgan fingerprint density at radius 2 is 2.27 bits per heavy atom. The largest absolute Gasteiger partial charge is 0.466 e. The Morgan fingerprint density at radius 1 is 1.73 bits per heavy atom. The van der Waals surface area contributed by atoms with E-state index in [0.717, 1.165) is 0 Å². The lowest BCUT2D eigenvalue weighted by Crippen LogP contribution is -2.30. The molecule has 0 radical (unpaired) electrons. The van der Waals surface area contributed by atoms with Crippen molar-refractivity contribution in [2.75, 3.05) is 12.5 Å². The number of rotatable bonds is 4. The van der Waals surface area contributed by atoms with Gasteiger partial charge in [0.15, 0.2) is 0 Å². The summed E-state index contributed by atoms with van der Waals surface area (Å²) in [7, 11) is 0. The van der Waals surface area contributed by atoms with Gasteiger partial charge in [0.1, 0.15) is 0 Å². The Balaban J connectivity index is 3.74. The zero-order valence-electron chi connectivity index (χ0n) is 6.76. The van der Waals surface area contributed by atoms with Crippen molar-refractivity contribution < 1.29 is 14.6 Å². The monoisotopic (exact) mass is 180 g/mol. The normalized spacial score (nSPS) is 15.6. The first kappa shape index (κ1) is 10.7. The quantitative estimate of drug-likeness (QED) is 0.517. The van der Waals surface area contributed by atoms with E-state index >= 15 is 0 Å². The molecule has 0 heterocycles. The molecule has 0 fully saturated rings. The molecule has 0 saturated carbocycles. The summed E-state index contributed by atoms with van der Waals surface area (Å²) in [4.78, 5) is 10.8. The Morgan fingerprint density at radius 3 is 2.64 bits per heavy atom.